The predicted molar refractivity (Wildman–Crippen MR) is 144 cm³/mol. The van der Waals surface area contributed by atoms with Gasteiger partial charge in [0.15, 0.2) is 0 Å². The number of esters is 3. The first kappa shape index (κ1) is 29.7. The molecule has 2 aromatic carbocycles. The highest BCUT2D eigenvalue weighted by molar-refractivity contribution is 6.31. The first-order valence-corrected chi connectivity index (χ1v) is 12.3. The highest BCUT2D eigenvalue weighted by atomic mass is 35.5. The van der Waals surface area contributed by atoms with Crippen LogP contribution in [0.2, 0.25) is 5.02 Å². The van der Waals surface area contributed by atoms with Crippen molar-refractivity contribution >= 4 is 41.1 Å². The predicted octanol–water partition coefficient (Wildman–Crippen LogP) is 2.46. The molecule has 1 aliphatic rings. The molecule has 1 aliphatic heterocycles. The number of ether oxygens (including phenoxy) is 3. The van der Waals surface area contributed by atoms with Gasteiger partial charge in [0, 0.05) is 24.1 Å². The number of nitrogens with one attached hydrogen (secondary N) is 1. The third-order valence-corrected chi connectivity index (χ3v) is 6.55. The number of hydrogen-bond donors (Lipinski definition) is 2. The maximum Gasteiger partial charge on any atom is 0.355 e. The number of rotatable bonds is 8. The number of nitrogens with two attached hydrogens (primary N) is 1. The van der Waals surface area contributed by atoms with E-state index in [2.05, 4.69) is 11.4 Å². The average Bonchev–Trinajstić information content (AvgIpc) is 2.96. The first-order chi connectivity index (χ1) is 19.1. The van der Waals surface area contributed by atoms with Gasteiger partial charge in [-0.05, 0) is 29.3 Å². The minimum absolute atomic E-state index is 0.0126. The molecule has 2 atom stereocenters. The summed E-state index contributed by atoms with van der Waals surface area (Å²) in [7, 11) is 3.48. The van der Waals surface area contributed by atoms with Crippen LogP contribution in [0, 0.1) is 11.3 Å². The van der Waals surface area contributed by atoms with Crippen LogP contribution in [0.3, 0.4) is 0 Å². The largest absolute Gasteiger partial charge is 0.467 e. The summed E-state index contributed by atoms with van der Waals surface area (Å²) in [6.45, 7) is 1.25. The number of nitriles is 1. The van der Waals surface area contributed by atoms with Crippen LogP contribution in [-0.4, -0.2) is 51.2 Å². The summed E-state index contributed by atoms with van der Waals surface area (Å²) in [6.07, 6.45) is -0.0741. The Morgan fingerprint density at radius 2 is 1.70 bits per heavy atom. The lowest BCUT2D eigenvalue weighted by Gasteiger charge is -2.36. The minimum atomic E-state index is -1.07. The van der Waals surface area contributed by atoms with E-state index in [1.165, 1.54) is 37.1 Å². The van der Waals surface area contributed by atoms with E-state index >= 15 is 0 Å². The van der Waals surface area contributed by atoms with Gasteiger partial charge in [-0.25, -0.2) is 14.4 Å². The fourth-order valence-corrected chi connectivity index (χ4v) is 4.63. The van der Waals surface area contributed by atoms with Crippen molar-refractivity contribution in [2.45, 2.75) is 25.3 Å². The van der Waals surface area contributed by atoms with Gasteiger partial charge in [0.25, 0.3) is 0 Å². The Morgan fingerprint density at radius 3 is 2.25 bits per heavy atom. The van der Waals surface area contributed by atoms with Gasteiger partial charge < -0.3 is 25.3 Å². The number of anilines is 1. The molecule has 12 heteroatoms. The number of benzene rings is 2. The van der Waals surface area contributed by atoms with Gasteiger partial charge in [-0.1, -0.05) is 41.9 Å². The van der Waals surface area contributed by atoms with Crippen molar-refractivity contribution in [1.82, 2.24) is 5.32 Å². The summed E-state index contributed by atoms with van der Waals surface area (Å²) in [6, 6.07) is 14.1. The fourth-order valence-electron chi connectivity index (χ4n) is 4.44. The molecule has 0 aliphatic carbocycles. The minimum Gasteiger partial charge on any atom is -0.467 e. The first-order valence-electron chi connectivity index (χ1n) is 11.9. The Balaban J connectivity index is 2.30. The van der Waals surface area contributed by atoms with Gasteiger partial charge in [0.05, 0.1) is 44.5 Å². The SMILES string of the molecule is COC(=O)C1=C(C(=O)OC)N(c2ccc(Cl)c(CC(NC(C)=O)C(=O)OC)c2)C(N)=C(C#N)C1c1ccccc1. The Bertz CT molecular complexity index is 1450. The summed E-state index contributed by atoms with van der Waals surface area (Å²) in [5.41, 5.74) is 7.22. The van der Waals surface area contributed by atoms with Crippen LogP contribution < -0.4 is 16.0 Å². The third-order valence-electron chi connectivity index (χ3n) is 6.19. The Labute approximate surface area is 235 Å². The fraction of sp³-hybridized carbons (Fsp3) is 0.250. The molecule has 11 nitrogen and oxygen atoms in total. The molecule has 3 N–H and O–H groups in total. The van der Waals surface area contributed by atoms with Crippen molar-refractivity contribution < 1.29 is 33.4 Å². The zero-order valence-electron chi connectivity index (χ0n) is 22.2. The van der Waals surface area contributed by atoms with Crippen LogP contribution in [0.25, 0.3) is 0 Å². The average molecular weight is 567 g/mol. The maximum absolute atomic E-state index is 13.3. The highest BCUT2D eigenvalue weighted by Crippen LogP contribution is 2.43. The Morgan fingerprint density at radius 1 is 1.05 bits per heavy atom. The topological polar surface area (TPSA) is 161 Å². The van der Waals surface area contributed by atoms with Crippen LogP contribution in [0.15, 0.2) is 71.2 Å². The summed E-state index contributed by atoms with van der Waals surface area (Å²) in [4.78, 5) is 51.7. The second kappa shape index (κ2) is 12.8. The maximum atomic E-state index is 13.3. The molecule has 3 rings (SSSR count). The van der Waals surface area contributed by atoms with Gasteiger partial charge >= 0.3 is 17.9 Å². The van der Waals surface area contributed by atoms with E-state index in [1.54, 1.807) is 30.3 Å². The smallest absolute Gasteiger partial charge is 0.355 e. The number of hydrogen-bond acceptors (Lipinski definition) is 10. The Hall–Kier alpha value is -4.82. The normalized spacial score (nSPS) is 15.6. The van der Waals surface area contributed by atoms with E-state index in [0.717, 1.165) is 14.2 Å². The quantitative estimate of drug-likeness (QED) is 0.358. The second-order valence-electron chi connectivity index (χ2n) is 8.59. The van der Waals surface area contributed by atoms with E-state index < -0.39 is 35.8 Å². The van der Waals surface area contributed by atoms with Crippen molar-refractivity contribution in [2.75, 3.05) is 26.2 Å². The lowest BCUT2D eigenvalue weighted by Crippen LogP contribution is -2.42. The molecule has 0 spiro atoms. The Kier molecular flexibility index (Phi) is 9.53. The highest BCUT2D eigenvalue weighted by Gasteiger charge is 2.43. The van der Waals surface area contributed by atoms with Crippen molar-refractivity contribution in [3.8, 4) is 6.07 Å². The van der Waals surface area contributed by atoms with Gasteiger partial charge in [0.1, 0.15) is 17.6 Å². The van der Waals surface area contributed by atoms with Gasteiger partial charge in [0.2, 0.25) is 5.91 Å². The monoisotopic (exact) mass is 566 g/mol. The van der Waals surface area contributed by atoms with Crippen LogP contribution in [-0.2, 0) is 39.8 Å². The van der Waals surface area contributed by atoms with E-state index in [0.29, 0.717) is 11.1 Å². The third kappa shape index (κ3) is 5.92. The van der Waals surface area contributed by atoms with Crippen LogP contribution >= 0.6 is 11.6 Å². The number of nitrogens with zero attached hydrogens (tertiary/aromatic N) is 2. The standard InChI is InChI=1S/C28H27ClN4O7/c1-15(34)32-21(26(35)38-2)13-17-12-18(10-11-20(17)29)33-24(28(37)40-4)23(27(36)39-3)22(19(14-30)25(33)31)16-8-6-5-7-9-16/h5-12,21-22H,13,31H2,1-4H3,(H,32,34). The zero-order chi connectivity index (χ0) is 29.6. The van der Waals surface area contributed by atoms with Crippen molar-refractivity contribution in [1.29, 1.82) is 5.26 Å². The summed E-state index contributed by atoms with van der Waals surface area (Å²) >= 11 is 6.43. The second-order valence-corrected chi connectivity index (χ2v) is 9.00. The molecule has 1 amide bonds. The summed E-state index contributed by atoms with van der Waals surface area (Å²) in [5, 5.41) is 12.9. The summed E-state index contributed by atoms with van der Waals surface area (Å²) in [5.74, 6) is -4.11. The van der Waals surface area contributed by atoms with Crippen LogP contribution in [0.5, 0.6) is 0 Å². The van der Waals surface area contributed by atoms with Crippen molar-refractivity contribution in [3.63, 3.8) is 0 Å². The lowest BCUT2D eigenvalue weighted by atomic mass is 9.81. The van der Waals surface area contributed by atoms with Gasteiger partial charge in [-0.3, -0.25) is 9.69 Å². The molecule has 0 fully saturated rings. The molecule has 2 aromatic rings. The molecule has 208 valence electrons. The lowest BCUT2D eigenvalue weighted by molar-refractivity contribution is -0.144. The number of carbonyl (C=O) groups excluding carboxylic acids is 4. The molecule has 0 radical (unpaired) electrons. The molecule has 2 unspecified atom stereocenters. The molecular weight excluding hydrogens is 540 g/mol. The van der Waals surface area contributed by atoms with E-state index in [1.807, 2.05) is 0 Å². The van der Waals surface area contributed by atoms with Crippen LogP contribution in [0.1, 0.15) is 24.0 Å². The molecule has 0 aromatic heterocycles. The summed E-state index contributed by atoms with van der Waals surface area (Å²) < 4.78 is 14.9. The van der Waals surface area contributed by atoms with Crippen molar-refractivity contribution in [2.24, 2.45) is 5.73 Å². The van der Waals surface area contributed by atoms with Gasteiger partial charge in [-0.2, -0.15) is 5.26 Å². The van der Waals surface area contributed by atoms with Crippen molar-refractivity contribution in [3.05, 3.63) is 87.3 Å². The van der Waals surface area contributed by atoms with Gasteiger partial charge in [-0.15, -0.1) is 0 Å². The van der Waals surface area contributed by atoms with E-state index in [4.69, 9.17) is 31.5 Å². The number of methoxy groups -OCH3 is 3. The molecule has 0 saturated heterocycles. The zero-order valence-corrected chi connectivity index (χ0v) is 22.9. The molecule has 0 bridgehead atoms. The van der Waals surface area contributed by atoms with E-state index in [-0.39, 0.29) is 39.8 Å². The molecule has 0 saturated carbocycles. The number of carbonyl (C=O) groups is 4. The molecular formula is C28H27ClN4O7. The molecule has 1 heterocycles. The number of halogens is 1. The molecule has 40 heavy (non-hydrogen) atoms. The van der Waals surface area contributed by atoms with E-state index in [9.17, 15) is 24.4 Å². The number of amides is 1. The van der Waals surface area contributed by atoms with Crippen LogP contribution in [0.4, 0.5) is 5.69 Å². The number of allylic oxidation sites excluding steroid dienone is 1.